The fourth-order valence-electron chi connectivity index (χ4n) is 1.49. The van der Waals surface area contributed by atoms with Gasteiger partial charge in [0.2, 0.25) is 0 Å². The summed E-state index contributed by atoms with van der Waals surface area (Å²) in [5, 5.41) is 9.46. The van der Waals surface area contributed by atoms with Gasteiger partial charge in [-0.1, -0.05) is 67.2 Å². The molecule has 0 bridgehead atoms. The van der Waals surface area contributed by atoms with Gasteiger partial charge in [-0.05, 0) is 29.5 Å². The van der Waals surface area contributed by atoms with Crippen LogP contribution in [-0.2, 0) is 6.42 Å². The molecule has 1 rings (SSSR count). The Morgan fingerprint density at radius 1 is 1.05 bits per heavy atom. The Labute approximate surface area is 127 Å². The second-order valence-electron chi connectivity index (χ2n) is 4.83. The Kier molecular flexibility index (Phi) is 16.4. The van der Waals surface area contributed by atoms with Gasteiger partial charge >= 0.3 is 0 Å². The van der Waals surface area contributed by atoms with Crippen LogP contribution in [0.15, 0.2) is 37.9 Å². The van der Waals surface area contributed by atoms with Gasteiger partial charge in [0.25, 0.3) is 0 Å². The Hall–Kier alpha value is -1.50. The molecule has 116 valence electrons. The summed E-state index contributed by atoms with van der Waals surface area (Å²) in [5.41, 5.74) is 2.33. The van der Waals surface area contributed by atoms with E-state index in [2.05, 4.69) is 40.5 Å². The third kappa shape index (κ3) is 11.6. The number of aromatic hydroxyl groups is 1. The van der Waals surface area contributed by atoms with Gasteiger partial charge in [0.05, 0.1) is 0 Å². The molecule has 1 heteroatoms. The van der Waals surface area contributed by atoms with E-state index in [4.69, 9.17) is 0 Å². The minimum Gasteiger partial charge on any atom is -0.507 e. The second kappa shape index (κ2) is 13.9. The van der Waals surface area contributed by atoms with E-state index >= 15 is 0 Å². The van der Waals surface area contributed by atoms with E-state index in [1.54, 1.807) is 12.1 Å². The molecule has 0 aliphatic heterocycles. The zero-order valence-corrected chi connectivity index (χ0v) is 14.6. The molecule has 1 aromatic carbocycles. The lowest BCUT2D eigenvalue weighted by molar-refractivity contribution is 0.410. The molecule has 0 saturated heterocycles. The summed E-state index contributed by atoms with van der Waals surface area (Å²) in [6.07, 6.45) is 2.69. The van der Waals surface area contributed by atoms with Crippen LogP contribution in [0.25, 0.3) is 6.08 Å². The van der Waals surface area contributed by atoms with E-state index in [0.29, 0.717) is 5.75 Å². The number of hydrogen-bond donors (Lipinski definition) is 1. The largest absolute Gasteiger partial charge is 0.507 e. The summed E-state index contributed by atoms with van der Waals surface area (Å²) < 4.78 is 0. The normalized spacial score (nSPS) is 8.75. The number of hydrogen-bond acceptors (Lipinski definition) is 1. The van der Waals surface area contributed by atoms with Crippen LogP contribution in [0.3, 0.4) is 0 Å². The van der Waals surface area contributed by atoms with Crippen LogP contribution in [-0.4, -0.2) is 5.11 Å². The van der Waals surface area contributed by atoms with Crippen LogP contribution >= 0.6 is 0 Å². The number of benzene rings is 1. The zero-order chi connectivity index (χ0) is 16.8. The lowest BCUT2D eigenvalue weighted by Crippen LogP contribution is -2.09. The fraction of sp³-hybridized carbons (Fsp3) is 0.474. The SMILES string of the molecule is C=C.C=Cc1cc(CC(C)(C)C)ccc1O.CC.CC. The molecular formula is C19H34O. The van der Waals surface area contributed by atoms with Crippen molar-refractivity contribution in [3.8, 4) is 5.75 Å². The number of phenols is 1. The van der Waals surface area contributed by atoms with E-state index in [9.17, 15) is 5.11 Å². The molecule has 1 aromatic rings. The highest BCUT2D eigenvalue weighted by Gasteiger charge is 2.11. The Morgan fingerprint density at radius 3 is 1.85 bits per heavy atom. The first-order valence-electron chi connectivity index (χ1n) is 7.37. The van der Waals surface area contributed by atoms with E-state index in [0.717, 1.165) is 12.0 Å². The van der Waals surface area contributed by atoms with Gasteiger partial charge in [-0.25, -0.2) is 0 Å². The molecule has 0 aliphatic rings. The molecule has 0 atom stereocenters. The standard InChI is InChI=1S/C13H18O.2C2H6.C2H4/c1-5-11-8-10(6-7-12(11)14)9-13(2,3)4;3*1-2/h5-8,14H,1,9H2,2-4H3;2*1-2H3;1-2H2. The molecular weight excluding hydrogens is 244 g/mol. The van der Waals surface area contributed by atoms with Crippen LogP contribution in [0.1, 0.15) is 59.6 Å². The molecule has 0 spiro atoms. The average Bonchev–Trinajstić information content (AvgIpc) is 2.46. The molecule has 0 heterocycles. The molecule has 1 N–H and O–H groups in total. The number of rotatable bonds is 2. The molecule has 0 aliphatic carbocycles. The quantitative estimate of drug-likeness (QED) is 0.614. The highest BCUT2D eigenvalue weighted by molar-refractivity contribution is 5.56. The molecule has 0 unspecified atom stereocenters. The van der Waals surface area contributed by atoms with Crippen molar-refractivity contribution in [2.24, 2.45) is 5.41 Å². The van der Waals surface area contributed by atoms with Crippen molar-refractivity contribution in [3.63, 3.8) is 0 Å². The first-order chi connectivity index (χ1) is 9.42. The highest BCUT2D eigenvalue weighted by atomic mass is 16.3. The van der Waals surface area contributed by atoms with Crippen molar-refractivity contribution in [2.75, 3.05) is 0 Å². The Balaban J connectivity index is -0.000000425. The summed E-state index contributed by atoms with van der Waals surface area (Å²) in [6, 6.07) is 5.69. The Bertz CT molecular complexity index is 345. The van der Waals surface area contributed by atoms with Crippen molar-refractivity contribution in [3.05, 3.63) is 49.1 Å². The predicted octanol–water partition coefficient (Wildman–Crippen LogP) is 6.48. The summed E-state index contributed by atoms with van der Waals surface area (Å²) >= 11 is 0. The molecule has 0 aromatic heterocycles. The minimum absolute atomic E-state index is 0.273. The first-order valence-corrected chi connectivity index (χ1v) is 7.37. The summed E-state index contributed by atoms with van der Waals surface area (Å²) in [7, 11) is 0. The summed E-state index contributed by atoms with van der Waals surface area (Å²) in [4.78, 5) is 0. The average molecular weight is 278 g/mol. The van der Waals surface area contributed by atoms with E-state index in [-0.39, 0.29) is 5.41 Å². The maximum absolute atomic E-state index is 9.46. The molecule has 1 nitrogen and oxygen atoms in total. The predicted molar refractivity (Wildman–Crippen MR) is 95.3 cm³/mol. The van der Waals surface area contributed by atoms with Crippen molar-refractivity contribution in [1.29, 1.82) is 0 Å². The monoisotopic (exact) mass is 278 g/mol. The van der Waals surface area contributed by atoms with Crippen LogP contribution in [0, 0.1) is 5.41 Å². The maximum Gasteiger partial charge on any atom is 0.122 e. The van der Waals surface area contributed by atoms with Gasteiger partial charge < -0.3 is 5.11 Å². The summed E-state index contributed by atoms with van der Waals surface area (Å²) in [5.74, 6) is 0.303. The van der Waals surface area contributed by atoms with Crippen LogP contribution in [0.5, 0.6) is 5.75 Å². The van der Waals surface area contributed by atoms with Gasteiger partial charge in [-0.2, -0.15) is 0 Å². The van der Waals surface area contributed by atoms with E-state index in [1.807, 2.05) is 39.8 Å². The van der Waals surface area contributed by atoms with Crippen molar-refractivity contribution in [2.45, 2.75) is 54.9 Å². The van der Waals surface area contributed by atoms with Crippen molar-refractivity contribution >= 4 is 6.08 Å². The third-order valence-electron chi connectivity index (χ3n) is 2.05. The van der Waals surface area contributed by atoms with Gasteiger partial charge in [-0.3, -0.25) is 0 Å². The molecule has 20 heavy (non-hydrogen) atoms. The second-order valence-corrected chi connectivity index (χ2v) is 4.83. The van der Waals surface area contributed by atoms with Crippen LogP contribution in [0.4, 0.5) is 0 Å². The lowest BCUT2D eigenvalue weighted by atomic mass is 9.87. The van der Waals surface area contributed by atoms with Gasteiger partial charge in [0.15, 0.2) is 0 Å². The van der Waals surface area contributed by atoms with Gasteiger partial charge in [0, 0.05) is 5.56 Å². The minimum atomic E-state index is 0.273. The van der Waals surface area contributed by atoms with Crippen LogP contribution < -0.4 is 0 Å². The molecule has 0 amide bonds. The van der Waals surface area contributed by atoms with E-state index in [1.165, 1.54) is 5.56 Å². The third-order valence-corrected chi connectivity index (χ3v) is 2.05. The zero-order valence-electron chi connectivity index (χ0n) is 14.6. The first kappa shape index (κ1) is 23.6. The fourth-order valence-corrected chi connectivity index (χ4v) is 1.49. The van der Waals surface area contributed by atoms with Crippen LogP contribution in [0.2, 0.25) is 0 Å². The maximum atomic E-state index is 9.46. The van der Waals surface area contributed by atoms with Gasteiger partial charge in [0.1, 0.15) is 5.75 Å². The van der Waals surface area contributed by atoms with Gasteiger partial charge in [-0.15, -0.1) is 13.2 Å². The smallest absolute Gasteiger partial charge is 0.122 e. The number of phenolic OH excluding ortho intramolecular Hbond substituents is 1. The van der Waals surface area contributed by atoms with Crippen molar-refractivity contribution in [1.82, 2.24) is 0 Å². The molecule has 0 radical (unpaired) electrons. The summed E-state index contributed by atoms with van der Waals surface area (Å²) in [6.45, 7) is 24.3. The van der Waals surface area contributed by atoms with E-state index < -0.39 is 0 Å². The Morgan fingerprint density at radius 2 is 1.50 bits per heavy atom. The highest BCUT2D eigenvalue weighted by Crippen LogP contribution is 2.25. The lowest BCUT2D eigenvalue weighted by Gasteiger charge is -2.18. The molecule has 0 saturated carbocycles. The van der Waals surface area contributed by atoms with Crippen molar-refractivity contribution < 1.29 is 5.11 Å². The topological polar surface area (TPSA) is 20.2 Å². The molecule has 0 fully saturated rings.